The summed E-state index contributed by atoms with van der Waals surface area (Å²) in [5.41, 5.74) is -0.0814. The van der Waals surface area contributed by atoms with Gasteiger partial charge in [-0.15, -0.1) is 0 Å². The van der Waals surface area contributed by atoms with Gasteiger partial charge in [0.2, 0.25) is 0 Å². The standard InChI is InChI=1S/C18H17F3N2O2/c19-18(20,21)14-5-2-1-4-13(14)16(12-7-9-22-10-8-12)23-11-3-6-15(23)17(24)25/h1-2,4-5,7-10,15-16H,3,6,11H2,(H,24,25). The van der Waals surface area contributed by atoms with Gasteiger partial charge in [0.15, 0.2) is 0 Å². The molecule has 0 amide bonds. The van der Waals surface area contributed by atoms with Crippen molar-refractivity contribution in [3.8, 4) is 0 Å². The zero-order chi connectivity index (χ0) is 18.0. The second-order valence-electron chi connectivity index (χ2n) is 6.00. The molecule has 0 radical (unpaired) electrons. The highest BCUT2D eigenvalue weighted by atomic mass is 19.4. The Balaban J connectivity index is 2.15. The minimum Gasteiger partial charge on any atom is -0.480 e. The van der Waals surface area contributed by atoms with Gasteiger partial charge in [-0.3, -0.25) is 14.7 Å². The first-order valence-electron chi connectivity index (χ1n) is 7.94. The van der Waals surface area contributed by atoms with Crippen LogP contribution in [0.5, 0.6) is 0 Å². The molecule has 1 aliphatic heterocycles. The van der Waals surface area contributed by atoms with Crippen LogP contribution >= 0.6 is 0 Å². The van der Waals surface area contributed by atoms with Crippen LogP contribution in [-0.4, -0.2) is 33.5 Å². The number of carboxylic acid groups (broad SMARTS) is 1. The Morgan fingerprint density at radius 2 is 1.88 bits per heavy atom. The van der Waals surface area contributed by atoms with Gasteiger partial charge in [0, 0.05) is 18.9 Å². The molecule has 3 rings (SSSR count). The number of alkyl halides is 3. The molecule has 132 valence electrons. The van der Waals surface area contributed by atoms with Crippen LogP contribution in [0.15, 0.2) is 48.8 Å². The van der Waals surface area contributed by atoms with Crippen LogP contribution in [0.3, 0.4) is 0 Å². The lowest BCUT2D eigenvalue weighted by atomic mass is 9.92. The number of halogens is 3. The van der Waals surface area contributed by atoms with Crippen LogP contribution in [0.4, 0.5) is 13.2 Å². The zero-order valence-corrected chi connectivity index (χ0v) is 13.3. The van der Waals surface area contributed by atoms with Crippen LogP contribution < -0.4 is 0 Å². The van der Waals surface area contributed by atoms with E-state index in [9.17, 15) is 23.1 Å². The van der Waals surface area contributed by atoms with Crippen molar-refractivity contribution in [1.29, 1.82) is 0 Å². The lowest BCUT2D eigenvalue weighted by Crippen LogP contribution is -2.39. The second kappa shape index (κ2) is 6.84. The molecule has 1 saturated heterocycles. The Labute approximate surface area is 142 Å². The van der Waals surface area contributed by atoms with Crippen molar-refractivity contribution in [1.82, 2.24) is 9.88 Å². The Morgan fingerprint density at radius 3 is 2.52 bits per heavy atom. The van der Waals surface area contributed by atoms with Crippen molar-refractivity contribution in [3.63, 3.8) is 0 Å². The van der Waals surface area contributed by atoms with Gasteiger partial charge in [-0.1, -0.05) is 18.2 Å². The zero-order valence-electron chi connectivity index (χ0n) is 13.3. The van der Waals surface area contributed by atoms with E-state index in [1.54, 1.807) is 23.1 Å². The minimum atomic E-state index is -4.51. The highest BCUT2D eigenvalue weighted by Crippen LogP contribution is 2.41. The van der Waals surface area contributed by atoms with E-state index in [-0.39, 0.29) is 5.56 Å². The Hall–Kier alpha value is -2.41. The third kappa shape index (κ3) is 3.51. The van der Waals surface area contributed by atoms with Crippen molar-refractivity contribution in [3.05, 3.63) is 65.5 Å². The summed E-state index contributed by atoms with van der Waals surface area (Å²) in [6, 6.07) is 7.02. The number of hydrogen-bond donors (Lipinski definition) is 1. The third-order valence-electron chi connectivity index (χ3n) is 4.49. The van der Waals surface area contributed by atoms with Crippen LogP contribution in [-0.2, 0) is 11.0 Å². The van der Waals surface area contributed by atoms with Crippen LogP contribution in [0.25, 0.3) is 0 Å². The van der Waals surface area contributed by atoms with Gasteiger partial charge in [0.1, 0.15) is 6.04 Å². The topological polar surface area (TPSA) is 53.4 Å². The summed E-state index contributed by atoms with van der Waals surface area (Å²) in [4.78, 5) is 17.1. The number of pyridine rings is 1. The molecule has 7 heteroatoms. The summed E-state index contributed by atoms with van der Waals surface area (Å²) in [6.07, 6.45) is -0.451. The smallest absolute Gasteiger partial charge is 0.416 e. The first-order valence-corrected chi connectivity index (χ1v) is 7.94. The first kappa shape index (κ1) is 17.4. The molecule has 2 unspecified atom stereocenters. The Morgan fingerprint density at radius 1 is 1.20 bits per heavy atom. The predicted octanol–water partition coefficient (Wildman–Crippen LogP) is 3.74. The van der Waals surface area contributed by atoms with Crippen LogP contribution in [0, 0.1) is 0 Å². The fraction of sp³-hybridized carbons (Fsp3) is 0.333. The summed E-state index contributed by atoms with van der Waals surface area (Å²) in [5.74, 6) is -1.01. The van der Waals surface area contributed by atoms with Gasteiger partial charge in [0.25, 0.3) is 0 Å². The van der Waals surface area contributed by atoms with E-state index in [1.807, 2.05) is 0 Å². The number of carbonyl (C=O) groups is 1. The largest absolute Gasteiger partial charge is 0.480 e. The lowest BCUT2D eigenvalue weighted by molar-refractivity contribution is -0.143. The van der Waals surface area contributed by atoms with E-state index >= 15 is 0 Å². The van der Waals surface area contributed by atoms with E-state index in [0.717, 1.165) is 6.07 Å². The summed E-state index contributed by atoms with van der Waals surface area (Å²) < 4.78 is 40.6. The summed E-state index contributed by atoms with van der Waals surface area (Å²) >= 11 is 0. The summed E-state index contributed by atoms with van der Waals surface area (Å²) in [6.45, 7) is 0.427. The fourth-order valence-corrected chi connectivity index (χ4v) is 3.45. The van der Waals surface area contributed by atoms with E-state index in [2.05, 4.69) is 4.98 Å². The third-order valence-corrected chi connectivity index (χ3v) is 4.49. The Bertz CT molecular complexity index is 749. The van der Waals surface area contributed by atoms with Gasteiger partial charge in [0.05, 0.1) is 11.6 Å². The molecular formula is C18H17F3N2O2. The molecule has 1 aromatic heterocycles. The molecule has 1 aliphatic rings. The average Bonchev–Trinajstić information content (AvgIpc) is 3.05. The number of rotatable bonds is 4. The Kier molecular flexibility index (Phi) is 4.76. The number of benzene rings is 1. The highest BCUT2D eigenvalue weighted by Gasteiger charge is 2.41. The molecule has 2 heterocycles. The van der Waals surface area contributed by atoms with Crippen molar-refractivity contribution < 1.29 is 23.1 Å². The monoisotopic (exact) mass is 350 g/mol. The summed E-state index contributed by atoms with van der Waals surface area (Å²) in [7, 11) is 0. The van der Waals surface area contributed by atoms with E-state index in [1.165, 1.54) is 24.5 Å². The maximum atomic E-state index is 13.5. The maximum absolute atomic E-state index is 13.5. The number of aliphatic carboxylic acids is 1. The van der Waals surface area contributed by atoms with E-state index in [0.29, 0.717) is 24.9 Å². The van der Waals surface area contributed by atoms with Crippen molar-refractivity contribution in [2.75, 3.05) is 6.54 Å². The highest BCUT2D eigenvalue weighted by molar-refractivity contribution is 5.74. The van der Waals surface area contributed by atoms with Gasteiger partial charge in [-0.25, -0.2) is 0 Å². The number of hydrogen-bond acceptors (Lipinski definition) is 3. The average molecular weight is 350 g/mol. The number of likely N-dealkylation sites (tertiary alicyclic amines) is 1. The molecule has 1 fully saturated rings. The minimum absolute atomic E-state index is 0.0642. The molecule has 0 saturated carbocycles. The van der Waals surface area contributed by atoms with E-state index in [4.69, 9.17) is 0 Å². The lowest BCUT2D eigenvalue weighted by Gasteiger charge is -2.33. The SMILES string of the molecule is O=C(O)C1CCCN1C(c1ccncc1)c1ccccc1C(F)(F)F. The molecule has 2 atom stereocenters. The molecule has 0 aliphatic carbocycles. The first-order chi connectivity index (χ1) is 11.9. The van der Waals surface area contributed by atoms with Gasteiger partial charge >= 0.3 is 12.1 Å². The molecule has 1 aromatic carbocycles. The number of nitrogens with zero attached hydrogens (tertiary/aromatic N) is 2. The van der Waals surface area contributed by atoms with E-state index < -0.39 is 29.8 Å². The second-order valence-corrected chi connectivity index (χ2v) is 6.00. The molecule has 4 nitrogen and oxygen atoms in total. The quantitative estimate of drug-likeness (QED) is 0.913. The fourth-order valence-electron chi connectivity index (χ4n) is 3.45. The van der Waals surface area contributed by atoms with Crippen molar-refractivity contribution >= 4 is 5.97 Å². The molecule has 1 N–H and O–H groups in total. The molecule has 25 heavy (non-hydrogen) atoms. The van der Waals surface area contributed by atoms with Gasteiger partial charge in [-0.2, -0.15) is 13.2 Å². The maximum Gasteiger partial charge on any atom is 0.416 e. The molecular weight excluding hydrogens is 333 g/mol. The predicted molar refractivity (Wildman–Crippen MR) is 84.9 cm³/mol. The van der Waals surface area contributed by atoms with Gasteiger partial charge in [-0.05, 0) is 42.2 Å². The number of carboxylic acids is 1. The molecule has 0 bridgehead atoms. The summed E-state index contributed by atoms with van der Waals surface area (Å²) in [5, 5.41) is 9.48. The van der Waals surface area contributed by atoms with Crippen LogP contribution in [0.1, 0.15) is 35.6 Å². The number of aromatic nitrogens is 1. The van der Waals surface area contributed by atoms with Gasteiger partial charge < -0.3 is 5.11 Å². The van der Waals surface area contributed by atoms with Crippen LogP contribution in [0.2, 0.25) is 0 Å². The molecule has 0 spiro atoms. The molecule has 2 aromatic rings. The van der Waals surface area contributed by atoms with Crippen molar-refractivity contribution in [2.24, 2.45) is 0 Å². The normalized spacial score (nSPS) is 19.7. The van der Waals surface area contributed by atoms with Crippen molar-refractivity contribution in [2.45, 2.75) is 31.1 Å².